The quantitative estimate of drug-likeness (QED) is 0.197. The molecule has 0 unspecified atom stereocenters. The number of benzene rings is 2. The predicted molar refractivity (Wildman–Crippen MR) is 143 cm³/mol. The van der Waals surface area contributed by atoms with E-state index in [1.807, 2.05) is 67.6 Å². The number of carbonyl (C=O) groups excluding carboxylic acids is 2. The first kappa shape index (κ1) is 25.4. The highest BCUT2D eigenvalue weighted by Crippen LogP contribution is 2.33. The van der Waals surface area contributed by atoms with Gasteiger partial charge in [0.05, 0.1) is 31.2 Å². The molecule has 1 amide bonds. The van der Waals surface area contributed by atoms with Gasteiger partial charge in [0.2, 0.25) is 0 Å². The summed E-state index contributed by atoms with van der Waals surface area (Å²) < 4.78 is 11.8. The van der Waals surface area contributed by atoms with Crippen LogP contribution in [0.2, 0.25) is 0 Å². The lowest BCUT2D eigenvalue weighted by molar-refractivity contribution is -0.112. The summed E-state index contributed by atoms with van der Waals surface area (Å²) in [6.45, 7) is 3.64. The van der Waals surface area contributed by atoms with Gasteiger partial charge in [-0.2, -0.15) is 10.4 Å². The maximum Gasteiger partial charge on any atom is 0.341 e. The average Bonchev–Trinajstić information content (AvgIpc) is 3.47. The van der Waals surface area contributed by atoms with E-state index in [9.17, 15) is 14.9 Å². The number of rotatable bonds is 7. The maximum atomic E-state index is 13.1. The van der Waals surface area contributed by atoms with E-state index >= 15 is 0 Å². The van der Waals surface area contributed by atoms with Crippen LogP contribution in [0.4, 0.5) is 5.00 Å². The highest BCUT2D eigenvalue weighted by atomic mass is 32.1. The van der Waals surface area contributed by atoms with E-state index in [1.54, 1.807) is 24.9 Å². The summed E-state index contributed by atoms with van der Waals surface area (Å²) in [7, 11) is 2.87. The lowest BCUT2D eigenvalue weighted by Gasteiger charge is -2.06. The molecule has 0 fully saturated rings. The number of aryl methyl sites for hydroxylation is 1. The van der Waals surface area contributed by atoms with Crippen molar-refractivity contribution in [3.63, 3.8) is 0 Å². The first-order chi connectivity index (χ1) is 17.9. The molecule has 0 aliphatic heterocycles. The molecule has 0 bridgehead atoms. The van der Waals surface area contributed by atoms with Gasteiger partial charge in [0.1, 0.15) is 22.4 Å². The van der Waals surface area contributed by atoms with Crippen LogP contribution in [0, 0.1) is 25.2 Å². The molecule has 4 aromatic rings. The molecule has 0 spiro atoms. The van der Waals surface area contributed by atoms with E-state index in [1.165, 1.54) is 24.5 Å². The first-order valence-electron chi connectivity index (χ1n) is 11.3. The van der Waals surface area contributed by atoms with E-state index in [0.717, 1.165) is 21.7 Å². The molecular formula is C28H24N4O4S. The average molecular weight is 513 g/mol. The zero-order chi connectivity index (χ0) is 26.5. The topological polar surface area (TPSA) is 106 Å². The van der Waals surface area contributed by atoms with Crippen molar-refractivity contribution < 1.29 is 19.1 Å². The van der Waals surface area contributed by atoms with Gasteiger partial charge in [-0.1, -0.05) is 18.2 Å². The van der Waals surface area contributed by atoms with Crippen molar-refractivity contribution >= 4 is 34.3 Å². The zero-order valence-electron chi connectivity index (χ0n) is 20.7. The fraction of sp³-hybridized carbons (Fsp3) is 0.143. The number of hydrogen-bond donors (Lipinski definition) is 1. The third kappa shape index (κ3) is 5.29. The number of anilines is 1. The molecule has 37 heavy (non-hydrogen) atoms. The number of methoxy groups -OCH3 is 2. The number of nitriles is 1. The molecule has 9 heteroatoms. The fourth-order valence-corrected chi connectivity index (χ4v) is 4.76. The van der Waals surface area contributed by atoms with Gasteiger partial charge in [0.25, 0.3) is 5.91 Å². The summed E-state index contributed by atoms with van der Waals surface area (Å²) in [6.07, 6.45) is 3.26. The van der Waals surface area contributed by atoms with Crippen molar-refractivity contribution in [2.24, 2.45) is 0 Å². The molecule has 0 aliphatic rings. The first-order valence-corrected chi connectivity index (χ1v) is 12.1. The lowest BCUT2D eigenvalue weighted by Crippen LogP contribution is -2.15. The standard InChI is InChI=1S/C28H24N4O4S/c1-17-18(2)37-27(24(17)28(34)36-4)30-26(33)20(15-29)14-21-16-32(22-8-6-5-7-9-22)31-25(21)19-10-12-23(35-3)13-11-19/h5-14,16H,1-4H3,(H,30,33)/b20-14+. The minimum absolute atomic E-state index is 0.137. The number of nitrogens with zero attached hydrogens (tertiary/aromatic N) is 3. The number of esters is 1. The van der Waals surface area contributed by atoms with Crippen LogP contribution >= 0.6 is 11.3 Å². The Hall–Kier alpha value is -4.68. The summed E-state index contributed by atoms with van der Waals surface area (Å²) in [5.74, 6) is -0.490. The molecule has 2 heterocycles. The van der Waals surface area contributed by atoms with Crippen LogP contribution in [-0.2, 0) is 9.53 Å². The SMILES string of the molecule is COC(=O)c1c(NC(=O)/C(C#N)=C/c2cn(-c3ccccc3)nc2-c2ccc(OC)cc2)sc(C)c1C. The van der Waals surface area contributed by atoms with E-state index < -0.39 is 11.9 Å². The Labute approximate surface area is 218 Å². The molecule has 0 radical (unpaired) electrons. The Morgan fingerprint density at radius 1 is 1.08 bits per heavy atom. The maximum absolute atomic E-state index is 13.1. The molecule has 0 atom stereocenters. The van der Waals surface area contributed by atoms with Crippen LogP contribution in [0.3, 0.4) is 0 Å². The molecule has 0 saturated carbocycles. The Morgan fingerprint density at radius 2 is 1.78 bits per heavy atom. The Bertz CT molecular complexity index is 1530. The third-order valence-corrected chi connectivity index (χ3v) is 6.92. The minimum atomic E-state index is -0.637. The fourth-order valence-electron chi connectivity index (χ4n) is 3.72. The number of aromatic nitrogens is 2. The number of nitrogens with one attached hydrogen (secondary N) is 1. The molecule has 4 rings (SSSR count). The van der Waals surface area contributed by atoms with Crippen LogP contribution in [-0.4, -0.2) is 35.9 Å². The number of ether oxygens (including phenoxy) is 2. The molecule has 2 aromatic carbocycles. The van der Waals surface area contributed by atoms with Gasteiger partial charge >= 0.3 is 5.97 Å². The van der Waals surface area contributed by atoms with Gasteiger partial charge in [-0.15, -0.1) is 11.3 Å². The predicted octanol–water partition coefficient (Wildman–Crippen LogP) is 5.56. The number of carbonyl (C=O) groups is 2. The highest BCUT2D eigenvalue weighted by molar-refractivity contribution is 7.16. The number of thiophene rings is 1. The number of amides is 1. The van der Waals surface area contributed by atoms with Gasteiger partial charge < -0.3 is 14.8 Å². The van der Waals surface area contributed by atoms with Crippen molar-refractivity contribution in [2.45, 2.75) is 13.8 Å². The Kier molecular flexibility index (Phi) is 7.51. The minimum Gasteiger partial charge on any atom is -0.497 e. The van der Waals surface area contributed by atoms with Gasteiger partial charge in [0.15, 0.2) is 0 Å². The highest BCUT2D eigenvalue weighted by Gasteiger charge is 2.23. The van der Waals surface area contributed by atoms with Crippen LogP contribution in [0.25, 0.3) is 23.0 Å². The summed E-state index contributed by atoms with van der Waals surface area (Å²) >= 11 is 1.25. The zero-order valence-corrected chi connectivity index (χ0v) is 21.6. The smallest absolute Gasteiger partial charge is 0.341 e. The monoisotopic (exact) mass is 512 g/mol. The summed E-state index contributed by atoms with van der Waals surface area (Å²) in [5, 5.41) is 17.6. The van der Waals surface area contributed by atoms with Crippen molar-refractivity contribution in [2.75, 3.05) is 19.5 Å². The van der Waals surface area contributed by atoms with E-state index in [2.05, 4.69) is 5.32 Å². The molecule has 8 nitrogen and oxygen atoms in total. The Balaban J connectivity index is 1.75. The molecule has 1 N–H and O–H groups in total. The largest absolute Gasteiger partial charge is 0.497 e. The second-order valence-electron chi connectivity index (χ2n) is 8.04. The van der Waals surface area contributed by atoms with Crippen LogP contribution in [0.15, 0.2) is 66.4 Å². The molecule has 0 saturated heterocycles. The summed E-state index contributed by atoms with van der Waals surface area (Å²) in [6, 6.07) is 18.9. The van der Waals surface area contributed by atoms with E-state index in [4.69, 9.17) is 14.6 Å². The van der Waals surface area contributed by atoms with E-state index in [0.29, 0.717) is 22.0 Å². The molecular weight excluding hydrogens is 488 g/mol. The van der Waals surface area contributed by atoms with Crippen molar-refractivity contribution in [3.8, 4) is 28.8 Å². The molecule has 2 aromatic heterocycles. The van der Waals surface area contributed by atoms with Gasteiger partial charge in [-0.3, -0.25) is 4.79 Å². The summed E-state index contributed by atoms with van der Waals surface area (Å²) in [4.78, 5) is 26.3. The van der Waals surface area contributed by atoms with Crippen molar-refractivity contribution in [1.82, 2.24) is 9.78 Å². The summed E-state index contributed by atoms with van der Waals surface area (Å²) in [5.41, 5.74) is 3.65. The number of para-hydroxylation sites is 1. The van der Waals surface area contributed by atoms with Gasteiger partial charge in [0, 0.05) is 22.2 Å². The van der Waals surface area contributed by atoms with Gasteiger partial charge in [-0.05, 0) is 61.9 Å². The van der Waals surface area contributed by atoms with Crippen molar-refractivity contribution in [3.05, 3.63) is 87.9 Å². The molecule has 186 valence electrons. The van der Waals surface area contributed by atoms with Gasteiger partial charge in [-0.25, -0.2) is 9.48 Å². The second-order valence-corrected chi connectivity index (χ2v) is 9.27. The molecule has 0 aliphatic carbocycles. The Morgan fingerprint density at radius 3 is 2.41 bits per heavy atom. The van der Waals surface area contributed by atoms with Crippen LogP contribution < -0.4 is 10.1 Å². The second kappa shape index (κ2) is 10.9. The normalized spacial score (nSPS) is 11.1. The lowest BCUT2D eigenvalue weighted by atomic mass is 10.1. The van der Waals surface area contributed by atoms with Crippen molar-refractivity contribution in [1.29, 1.82) is 5.26 Å². The van der Waals surface area contributed by atoms with Crippen LogP contribution in [0.1, 0.15) is 26.4 Å². The van der Waals surface area contributed by atoms with Crippen LogP contribution in [0.5, 0.6) is 5.75 Å². The third-order valence-electron chi connectivity index (χ3n) is 5.79. The number of hydrogen-bond acceptors (Lipinski definition) is 7. The van der Waals surface area contributed by atoms with E-state index in [-0.39, 0.29) is 11.1 Å².